The maximum atomic E-state index is 12.1. The molecule has 0 aliphatic heterocycles. The maximum Gasteiger partial charge on any atom is 0.244 e. The Morgan fingerprint density at radius 3 is 2.65 bits per heavy atom. The Hall–Kier alpha value is -2.21. The molecule has 0 fully saturated rings. The number of amides is 1. The zero-order valence-electron chi connectivity index (χ0n) is 11.7. The van der Waals surface area contributed by atoms with Crippen molar-refractivity contribution < 1.29 is 4.79 Å². The van der Waals surface area contributed by atoms with Crippen molar-refractivity contribution in [2.24, 2.45) is 5.73 Å². The van der Waals surface area contributed by atoms with Crippen molar-refractivity contribution in [1.82, 2.24) is 15.2 Å². The third kappa shape index (κ3) is 3.21. The van der Waals surface area contributed by atoms with Gasteiger partial charge in [-0.2, -0.15) is 5.10 Å². The second-order valence-corrected chi connectivity index (χ2v) is 5.03. The number of H-pyrrole nitrogens is 1. The zero-order valence-corrected chi connectivity index (χ0v) is 11.7. The first kappa shape index (κ1) is 14.2. The average molecular weight is 273 g/mol. The quantitative estimate of drug-likeness (QED) is 0.775. The number of nitrogens with zero attached hydrogens (tertiary/aromatic N) is 2. The third-order valence-corrected chi connectivity index (χ3v) is 3.12. The van der Waals surface area contributed by atoms with E-state index in [2.05, 4.69) is 20.5 Å². The van der Waals surface area contributed by atoms with Gasteiger partial charge in [-0.3, -0.25) is 9.89 Å². The summed E-state index contributed by atoms with van der Waals surface area (Å²) in [6, 6.07) is 7.36. The molecule has 1 heterocycles. The van der Waals surface area contributed by atoms with E-state index in [1.807, 2.05) is 31.2 Å². The van der Waals surface area contributed by atoms with E-state index < -0.39 is 5.54 Å². The van der Waals surface area contributed by atoms with Crippen LogP contribution in [0.1, 0.15) is 26.7 Å². The Balaban J connectivity index is 2.06. The second-order valence-electron chi connectivity index (χ2n) is 5.03. The number of benzene rings is 1. The van der Waals surface area contributed by atoms with Crippen molar-refractivity contribution in [3.63, 3.8) is 0 Å². The number of hydrogen-bond acceptors (Lipinski definition) is 4. The standard InChI is InChI=1S/C14H19N5O/c1-3-8-14(2,15)13(20)18-11-6-4-10(5-7-11)12-16-9-17-19-12/h4-7,9H,3,8,15H2,1-2H3,(H,18,20)(H,16,17,19). The molecule has 0 spiro atoms. The zero-order chi connectivity index (χ0) is 14.6. The smallest absolute Gasteiger partial charge is 0.244 e. The van der Waals surface area contributed by atoms with E-state index in [9.17, 15) is 4.79 Å². The lowest BCUT2D eigenvalue weighted by Gasteiger charge is -2.22. The van der Waals surface area contributed by atoms with Gasteiger partial charge in [0.2, 0.25) is 5.91 Å². The van der Waals surface area contributed by atoms with Gasteiger partial charge in [0.15, 0.2) is 5.82 Å². The van der Waals surface area contributed by atoms with E-state index in [1.165, 1.54) is 6.33 Å². The number of carbonyl (C=O) groups excluding carboxylic acids is 1. The van der Waals surface area contributed by atoms with E-state index in [0.717, 1.165) is 12.0 Å². The first-order valence-corrected chi connectivity index (χ1v) is 6.59. The lowest BCUT2D eigenvalue weighted by molar-refractivity contribution is -0.120. The molecule has 2 rings (SSSR count). The fraction of sp³-hybridized carbons (Fsp3) is 0.357. The molecule has 2 aromatic rings. The summed E-state index contributed by atoms with van der Waals surface area (Å²) in [7, 11) is 0. The largest absolute Gasteiger partial charge is 0.325 e. The van der Waals surface area contributed by atoms with Crippen molar-refractivity contribution in [3.8, 4) is 11.4 Å². The van der Waals surface area contributed by atoms with Crippen LogP contribution in [0.25, 0.3) is 11.4 Å². The highest BCUT2D eigenvalue weighted by molar-refractivity contribution is 5.97. The van der Waals surface area contributed by atoms with Crippen LogP contribution in [0.4, 0.5) is 5.69 Å². The summed E-state index contributed by atoms with van der Waals surface area (Å²) >= 11 is 0. The molecule has 106 valence electrons. The molecule has 1 aromatic heterocycles. The SMILES string of the molecule is CCCC(C)(N)C(=O)Nc1ccc(-c2ncn[nH]2)cc1. The summed E-state index contributed by atoms with van der Waals surface area (Å²) in [6.07, 6.45) is 2.97. The van der Waals surface area contributed by atoms with Gasteiger partial charge in [-0.15, -0.1) is 0 Å². The molecule has 1 amide bonds. The van der Waals surface area contributed by atoms with Crippen LogP contribution in [0.2, 0.25) is 0 Å². The highest BCUT2D eigenvalue weighted by Crippen LogP contribution is 2.18. The summed E-state index contributed by atoms with van der Waals surface area (Å²) in [5.41, 5.74) is 6.76. The summed E-state index contributed by atoms with van der Waals surface area (Å²) in [6.45, 7) is 3.75. The van der Waals surface area contributed by atoms with Crippen LogP contribution in [0.15, 0.2) is 30.6 Å². The second kappa shape index (κ2) is 5.83. The molecular formula is C14H19N5O. The predicted molar refractivity (Wildman–Crippen MR) is 77.9 cm³/mol. The summed E-state index contributed by atoms with van der Waals surface area (Å²) < 4.78 is 0. The Morgan fingerprint density at radius 1 is 1.40 bits per heavy atom. The number of rotatable bonds is 5. The Labute approximate surface area is 117 Å². The van der Waals surface area contributed by atoms with Crippen molar-refractivity contribution in [1.29, 1.82) is 0 Å². The molecule has 0 saturated carbocycles. The minimum absolute atomic E-state index is 0.174. The molecule has 0 radical (unpaired) electrons. The van der Waals surface area contributed by atoms with Crippen LogP contribution < -0.4 is 11.1 Å². The van der Waals surface area contributed by atoms with Gasteiger partial charge in [0.25, 0.3) is 0 Å². The fourth-order valence-electron chi connectivity index (χ4n) is 1.96. The van der Waals surface area contributed by atoms with Gasteiger partial charge >= 0.3 is 0 Å². The van der Waals surface area contributed by atoms with Gasteiger partial charge < -0.3 is 11.1 Å². The number of anilines is 1. The molecule has 6 heteroatoms. The van der Waals surface area contributed by atoms with Crippen molar-refractivity contribution >= 4 is 11.6 Å². The molecule has 6 nitrogen and oxygen atoms in total. The van der Waals surface area contributed by atoms with E-state index in [0.29, 0.717) is 17.9 Å². The number of hydrogen-bond donors (Lipinski definition) is 3. The van der Waals surface area contributed by atoms with Crippen LogP contribution in [0.3, 0.4) is 0 Å². The molecule has 0 aliphatic rings. The Kier molecular flexibility index (Phi) is 4.14. The van der Waals surface area contributed by atoms with Crippen LogP contribution in [-0.2, 0) is 4.79 Å². The first-order valence-electron chi connectivity index (χ1n) is 6.59. The number of nitrogens with one attached hydrogen (secondary N) is 2. The fourth-order valence-corrected chi connectivity index (χ4v) is 1.96. The number of aromatic amines is 1. The van der Waals surface area contributed by atoms with E-state index in [4.69, 9.17) is 5.73 Å². The average Bonchev–Trinajstić information content (AvgIpc) is 2.93. The molecule has 0 saturated heterocycles. The Morgan fingerprint density at radius 2 is 2.10 bits per heavy atom. The molecule has 4 N–H and O–H groups in total. The van der Waals surface area contributed by atoms with Crippen LogP contribution in [-0.4, -0.2) is 26.6 Å². The summed E-state index contributed by atoms with van der Waals surface area (Å²) in [4.78, 5) is 16.1. The highest BCUT2D eigenvalue weighted by atomic mass is 16.2. The molecule has 1 atom stereocenters. The lowest BCUT2D eigenvalue weighted by Crippen LogP contribution is -2.48. The van der Waals surface area contributed by atoms with Crippen LogP contribution in [0.5, 0.6) is 0 Å². The third-order valence-electron chi connectivity index (χ3n) is 3.12. The van der Waals surface area contributed by atoms with E-state index in [-0.39, 0.29) is 5.91 Å². The first-order chi connectivity index (χ1) is 9.53. The van der Waals surface area contributed by atoms with E-state index >= 15 is 0 Å². The van der Waals surface area contributed by atoms with Gasteiger partial charge in [-0.05, 0) is 37.6 Å². The maximum absolute atomic E-state index is 12.1. The van der Waals surface area contributed by atoms with E-state index in [1.54, 1.807) is 6.92 Å². The predicted octanol–water partition coefficient (Wildman–Crippen LogP) is 1.93. The minimum atomic E-state index is -0.849. The van der Waals surface area contributed by atoms with Crippen LogP contribution >= 0.6 is 0 Å². The summed E-state index contributed by atoms with van der Waals surface area (Å²) in [5, 5.41) is 9.42. The molecular weight excluding hydrogens is 254 g/mol. The summed E-state index contributed by atoms with van der Waals surface area (Å²) in [5.74, 6) is 0.518. The van der Waals surface area contributed by atoms with Gasteiger partial charge in [0.1, 0.15) is 6.33 Å². The van der Waals surface area contributed by atoms with Gasteiger partial charge in [-0.1, -0.05) is 13.3 Å². The molecule has 1 unspecified atom stereocenters. The number of aromatic nitrogens is 3. The number of carbonyl (C=O) groups is 1. The molecule has 0 aliphatic carbocycles. The minimum Gasteiger partial charge on any atom is -0.325 e. The monoisotopic (exact) mass is 273 g/mol. The van der Waals surface area contributed by atoms with Gasteiger partial charge in [-0.25, -0.2) is 4.98 Å². The topological polar surface area (TPSA) is 96.7 Å². The van der Waals surface area contributed by atoms with Crippen molar-refractivity contribution in [2.45, 2.75) is 32.2 Å². The van der Waals surface area contributed by atoms with Crippen molar-refractivity contribution in [3.05, 3.63) is 30.6 Å². The van der Waals surface area contributed by atoms with Crippen molar-refractivity contribution in [2.75, 3.05) is 5.32 Å². The van der Waals surface area contributed by atoms with Gasteiger partial charge in [0.05, 0.1) is 5.54 Å². The lowest BCUT2D eigenvalue weighted by atomic mass is 9.96. The number of nitrogens with two attached hydrogens (primary N) is 1. The highest BCUT2D eigenvalue weighted by Gasteiger charge is 2.27. The Bertz CT molecular complexity index is 560. The van der Waals surface area contributed by atoms with Gasteiger partial charge in [0, 0.05) is 11.3 Å². The molecule has 1 aromatic carbocycles. The molecule has 0 bridgehead atoms. The normalized spacial score (nSPS) is 13.8. The van der Waals surface area contributed by atoms with Crippen LogP contribution in [0, 0.1) is 0 Å². The molecule has 20 heavy (non-hydrogen) atoms.